The maximum Gasteiger partial charge on any atom is 0.416 e. The van der Waals surface area contributed by atoms with Crippen molar-refractivity contribution < 1.29 is 23.8 Å². The summed E-state index contributed by atoms with van der Waals surface area (Å²) in [5, 5.41) is 8.91. The lowest BCUT2D eigenvalue weighted by atomic mass is 10.1. The van der Waals surface area contributed by atoms with Gasteiger partial charge in [-0.2, -0.15) is 13.2 Å². The van der Waals surface area contributed by atoms with E-state index >= 15 is 0 Å². The Labute approximate surface area is 85.8 Å². The Morgan fingerprint density at radius 2 is 2.07 bits per heavy atom. The van der Waals surface area contributed by atoms with Crippen LogP contribution < -0.4 is 0 Å². The van der Waals surface area contributed by atoms with Crippen molar-refractivity contribution in [3.8, 4) is 0 Å². The smallest absolute Gasteiger partial charge is 0.396 e. The maximum absolute atomic E-state index is 12.4. The van der Waals surface area contributed by atoms with Crippen LogP contribution in [0.5, 0.6) is 0 Å². The molecule has 0 spiro atoms. The van der Waals surface area contributed by atoms with Crippen LogP contribution in [0.15, 0.2) is 24.3 Å². The highest BCUT2D eigenvalue weighted by molar-refractivity contribution is 5.25. The predicted molar refractivity (Wildman–Crippen MR) is 46.9 cm³/mol. The summed E-state index contributed by atoms with van der Waals surface area (Å²) < 4.78 is 66.1. The summed E-state index contributed by atoms with van der Waals surface area (Å²) >= 11 is 0. The van der Waals surface area contributed by atoms with Gasteiger partial charge in [-0.1, -0.05) is 18.2 Å². The Morgan fingerprint density at radius 3 is 2.64 bits per heavy atom. The van der Waals surface area contributed by atoms with Gasteiger partial charge in [0.15, 0.2) is 0 Å². The molecule has 0 radical (unpaired) electrons. The number of aryl methyl sites for hydroxylation is 1. The van der Waals surface area contributed by atoms with E-state index in [-0.39, 0.29) is 5.56 Å². The number of hydrogen-bond donors (Lipinski definition) is 1. The second-order valence-electron chi connectivity index (χ2n) is 2.59. The molecule has 0 saturated carbocycles. The number of aliphatic hydroxyl groups is 1. The fraction of sp³-hybridized carbons (Fsp3) is 0.400. The fourth-order valence-corrected chi connectivity index (χ4v) is 0.947. The Kier molecular flexibility index (Phi) is 2.06. The van der Waals surface area contributed by atoms with Gasteiger partial charge in [-0.05, 0) is 24.4 Å². The monoisotopic (exact) mass is 208 g/mol. The van der Waals surface area contributed by atoms with Crippen molar-refractivity contribution in [1.82, 2.24) is 0 Å². The number of halogens is 3. The predicted octanol–water partition coefficient (Wildman–Crippen LogP) is 2.63. The summed E-state index contributed by atoms with van der Waals surface area (Å²) in [6, 6.07) is 3.59. The summed E-state index contributed by atoms with van der Waals surface area (Å²) in [4.78, 5) is 0. The molecule has 1 rings (SSSR count). The zero-order valence-corrected chi connectivity index (χ0v) is 7.10. The van der Waals surface area contributed by atoms with Crippen LogP contribution in [0, 0.1) is 0 Å². The van der Waals surface area contributed by atoms with Gasteiger partial charge < -0.3 is 5.11 Å². The van der Waals surface area contributed by atoms with Gasteiger partial charge in [0.2, 0.25) is 0 Å². The van der Waals surface area contributed by atoms with E-state index in [2.05, 4.69) is 0 Å². The molecule has 0 bridgehead atoms. The average Bonchev–Trinajstić information content (AvgIpc) is 2.13. The molecule has 1 aromatic rings. The third-order valence-corrected chi connectivity index (χ3v) is 1.56. The summed E-state index contributed by atoms with van der Waals surface area (Å²) in [6.45, 7) is -2.79. The molecule has 1 N–H and O–H groups in total. The van der Waals surface area contributed by atoms with Crippen molar-refractivity contribution in [2.75, 3.05) is 6.56 Å². The molecule has 0 atom stereocenters. The van der Waals surface area contributed by atoms with E-state index in [1.54, 1.807) is 0 Å². The molecular formula is C10H11F3O. The first-order valence-electron chi connectivity index (χ1n) is 5.82. The lowest BCUT2D eigenvalue weighted by Crippen LogP contribution is -2.05. The third-order valence-electron chi connectivity index (χ3n) is 1.56. The average molecular weight is 208 g/mol. The third kappa shape index (κ3) is 3.03. The van der Waals surface area contributed by atoms with Crippen LogP contribution in [0.25, 0.3) is 0 Å². The minimum absolute atomic E-state index is 0.324. The van der Waals surface area contributed by atoms with E-state index in [0.717, 1.165) is 18.2 Å². The zero-order chi connectivity index (χ0) is 14.2. The molecule has 14 heavy (non-hydrogen) atoms. The molecule has 0 aliphatic heterocycles. The summed E-state index contributed by atoms with van der Waals surface area (Å²) in [5.41, 5.74) is -1.34. The second kappa shape index (κ2) is 4.46. The van der Waals surface area contributed by atoms with E-state index in [1.807, 2.05) is 0 Å². The van der Waals surface area contributed by atoms with Crippen molar-refractivity contribution in [3.05, 3.63) is 35.4 Å². The number of rotatable bonds is 3. The minimum Gasteiger partial charge on any atom is -0.396 e. The van der Waals surface area contributed by atoms with Gasteiger partial charge in [-0.3, -0.25) is 0 Å². The second-order valence-corrected chi connectivity index (χ2v) is 2.59. The molecule has 4 heteroatoms. The van der Waals surface area contributed by atoms with Gasteiger partial charge in [0.1, 0.15) is 0 Å². The SMILES string of the molecule is [2H]C([2H])(O)CC([2H])([2H])c1cccc(C(F)(F)F)c1. The van der Waals surface area contributed by atoms with Crippen LogP contribution >= 0.6 is 0 Å². The van der Waals surface area contributed by atoms with Gasteiger partial charge in [-0.15, -0.1) is 0 Å². The summed E-state index contributed by atoms with van der Waals surface area (Å²) in [7, 11) is 0. The summed E-state index contributed by atoms with van der Waals surface area (Å²) in [6.07, 6.45) is -7.93. The van der Waals surface area contributed by atoms with E-state index < -0.39 is 31.1 Å². The molecule has 0 heterocycles. The minimum atomic E-state index is -4.59. The first kappa shape index (κ1) is 6.45. The molecular weight excluding hydrogens is 193 g/mol. The Hall–Kier alpha value is -1.03. The molecule has 1 aromatic carbocycles. The first-order chi connectivity index (χ1) is 7.92. The molecule has 0 unspecified atom stereocenters. The quantitative estimate of drug-likeness (QED) is 0.809. The molecule has 1 nitrogen and oxygen atoms in total. The van der Waals surface area contributed by atoms with E-state index in [0.29, 0.717) is 6.07 Å². The fourth-order valence-electron chi connectivity index (χ4n) is 0.947. The van der Waals surface area contributed by atoms with Gasteiger partial charge in [0.25, 0.3) is 0 Å². The Morgan fingerprint density at radius 1 is 1.36 bits per heavy atom. The normalized spacial score (nSPS) is 18.0. The topological polar surface area (TPSA) is 20.2 Å². The number of benzene rings is 1. The first-order valence-corrected chi connectivity index (χ1v) is 3.82. The highest BCUT2D eigenvalue weighted by Crippen LogP contribution is 2.29. The van der Waals surface area contributed by atoms with Crippen molar-refractivity contribution in [2.45, 2.75) is 19.0 Å². The van der Waals surface area contributed by atoms with Crippen molar-refractivity contribution in [2.24, 2.45) is 0 Å². The van der Waals surface area contributed by atoms with Gasteiger partial charge in [-0.25, -0.2) is 0 Å². The Balaban J connectivity index is 3.10. The molecule has 0 aliphatic rings. The lowest BCUT2D eigenvalue weighted by molar-refractivity contribution is -0.137. The van der Waals surface area contributed by atoms with Gasteiger partial charge in [0.05, 0.1) is 8.30 Å². The van der Waals surface area contributed by atoms with E-state index in [4.69, 9.17) is 10.6 Å². The maximum atomic E-state index is 12.4. The molecule has 0 aliphatic carbocycles. The van der Waals surface area contributed by atoms with Gasteiger partial charge >= 0.3 is 6.18 Å². The molecule has 0 fully saturated rings. The van der Waals surface area contributed by atoms with E-state index in [1.165, 1.54) is 0 Å². The largest absolute Gasteiger partial charge is 0.416 e. The number of alkyl halides is 3. The van der Waals surface area contributed by atoms with Crippen molar-refractivity contribution in [1.29, 1.82) is 0 Å². The zero-order valence-electron chi connectivity index (χ0n) is 11.1. The highest BCUT2D eigenvalue weighted by atomic mass is 19.4. The van der Waals surface area contributed by atoms with Crippen LogP contribution in [0.3, 0.4) is 0 Å². The van der Waals surface area contributed by atoms with Crippen LogP contribution in [0.1, 0.15) is 23.0 Å². The van der Waals surface area contributed by atoms with E-state index in [9.17, 15) is 13.2 Å². The van der Waals surface area contributed by atoms with Crippen molar-refractivity contribution >= 4 is 0 Å². The van der Waals surface area contributed by atoms with Crippen LogP contribution in [0.4, 0.5) is 13.2 Å². The van der Waals surface area contributed by atoms with Gasteiger partial charge in [0, 0.05) is 9.30 Å². The van der Waals surface area contributed by atoms with Crippen LogP contribution in [-0.4, -0.2) is 11.7 Å². The standard InChI is InChI=1S/C10H11F3O/c11-10(12,13)9-5-1-3-8(7-9)4-2-6-14/h1,3,5,7,14H,2,4,6H2/i4D2,6D2. The molecule has 0 amide bonds. The lowest BCUT2D eigenvalue weighted by Gasteiger charge is -2.07. The van der Waals surface area contributed by atoms with Crippen LogP contribution in [-0.2, 0) is 12.5 Å². The molecule has 0 aromatic heterocycles. The summed E-state index contributed by atoms with van der Waals surface area (Å²) in [5.74, 6) is 0. The van der Waals surface area contributed by atoms with Crippen LogP contribution in [0.2, 0.25) is 0 Å². The Bertz CT molecular complexity index is 426. The molecule has 0 saturated heterocycles. The highest BCUT2D eigenvalue weighted by Gasteiger charge is 2.30. The van der Waals surface area contributed by atoms with Crippen molar-refractivity contribution in [3.63, 3.8) is 0 Å². The number of hydrogen-bond acceptors (Lipinski definition) is 1. The molecule has 78 valence electrons.